The van der Waals surface area contributed by atoms with Gasteiger partial charge in [0.25, 0.3) is 10.0 Å². The molecule has 0 saturated carbocycles. The lowest BCUT2D eigenvalue weighted by Crippen LogP contribution is -2.40. The van der Waals surface area contributed by atoms with Crippen molar-refractivity contribution in [2.45, 2.75) is 37.5 Å². The van der Waals surface area contributed by atoms with Crippen LogP contribution in [0.3, 0.4) is 0 Å². The van der Waals surface area contributed by atoms with E-state index in [4.69, 9.17) is 9.15 Å². The number of nitrogens with zero attached hydrogens (tertiary/aromatic N) is 1. The Balaban J connectivity index is 2.04. The number of nitrogens with one attached hydrogen (secondary N) is 1. The lowest BCUT2D eigenvalue weighted by atomic mass is 10.1. The van der Waals surface area contributed by atoms with E-state index in [-0.39, 0.29) is 11.2 Å². The van der Waals surface area contributed by atoms with E-state index >= 15 is 0 Å². The maximum atomic E-state index is 12.4. The van der Waals surface area contributed by atoms with Crippen LogP contribution in [0.2, 0.25) is 0 Å². The lowest BCUT2D eigenvalue weighted by molar-refractivity contribution is 0.0601. The molecule has 1 fully saturated rings. The van der Waals surface area contributed by atoms with Crippen LogP contribution in [0.15, 0.2) is 21.6 Å². The van der Waals surface area contributed by atoms with Gasteiger partial charge in [0.05, 0.1) is 12.6 Å². The van der Waals surface area contributed by atoms with Crippen molar-refractivity contribution in [1.29, 1.82) is 0 Å². The highest BCUT2D eigenvalue weighted by molar-refractivity contribution is 7.89. The second kappa shape index (κ2) is 6.71. The fourth-order valence-corrected chi connectivity index (χ4v) is 3.67. The Morgan fingerprint density at radius 2 is 2.10 bits per heavy atom. The number of furan rings is 1. The number of ether oxygens (including phenoxy) is 1. The van der Waals surface area contributed by atoms with Gasteiger partial charge >= 0.3 is 0 Å². The maximum absolute atomic E-state index is 12.4. The summed E-state index contributed by atoms with van der Waals surface area (Å²) < 4.78 is 37.0. The molecule has 0 aromatic carbocycles. The predicted octanol–water partition coefficient (Wildman–Crippen LogP) is 1.19. The zero-order valence-electron chi connectivity index (χ0n) is 12.0. The zero-order valence-corrected chi connectivity index (χ0v) is 12.8. The van der Waals surface area contributed by atoms with Crippen LogP contribution in [0, 0.1) is 0 Å². The van der Waals surface area contributed by atoms with Gasteiger partial charge in [-0.15, -0.1) is 0 Å². The summed E-state index contributed by atoms with van der Waals surface area (Å²) in [5.74, 6) is 0.636. The highest BCUT2D eigenvalue weighted by Gasteiger charge is 2.31. The fraction of sp³-hybridized carbons (Fsp3) is 0.692. The molecule has 1 aliphatic heterocycles. The largest absolute Gasteiger partial charge is 0.447 e. The maximum Gasteiger partial charge on any atom is 0.276 e. The normalized spacial score (nSPS) is 18.5. The summed E-state index contributed by atoms with van der Waals surface area (Å²) in [5, 5.41) is 3.13. The molecule has 0 spiro atoms. The lowest BCUT2D eigenvalue weighted by Gasteiger charge is -2.29. The minimum Gasteiger partial charge on any atom is -0.447 e. The Kier molecular flexibility index (Phi) is 5.20. The first-order valence-electron chi connectivity index (χ1n) is 6.90. The van der Waals surface area contributed by atoms with Gasteiger partial charge in [-0.05, 0) is 31.5 Å². The van der Waals surface area contributed by atoms with Crippen molar-refractivity contribution in [1.82, 2.24) is 9.62 Å². The third-order valence-electron chi connectivity index (χ3n) is 3.51. The van der Waals surface area contributed by atoms with E-state index in [9.17, 15) is 8.42 Å². The van der Waals surface area contributed by atoms with Gasteiger partial charge in [-0.25, -0.2) is 8.42 Å². The zero-order chi connectivity index (χ0) is 14.6. The second-order valence-electron chi connectivity index (χ2n) is 4.84. The van der Waals surface area contributed by atoms with Crippen molar-refractivity contribution >= 4 is 10.0 Å². The van der Waals surface area contributed by atoms with Gasteiger partial charge in [0, 0.05) is 20.2 Å². The summed E-state index contributed by atoms with van der Waals surface area (Å²) in [4.78, 5) is 0. The van der Waals surface area contributed by atoms with Crippen LogP contribution in [0.5, 0.6) is 0 Å². The highest BCUT2D eigenvalue weighted by Crippen LogP contribution is 2.23. The SMILES string of the molecule is CCNCc1ccc(S(=O)(=O)N2CCC(OC)CC2)o1. The number of rotatable bonds is 6. The van der Waals surface area contributed by atoms with Crippen molar-refractivity contribution < 1.29 is 17.6 Å². The minimum absolute atomic E-state index is 0.0290. The Morgan fingerprint density at radius 1 is 1.40 bits per heavy atom. The van der Waals surface area contributed by atoms with Crippen LogP contribution in [0.25, 0.3) is 0 Å². The van der Waals surface area contributed by atoms with Gasteiger partial charge in [0.1, 0.15) is 5.76 Å². The van der Waals surface area contributed by atoms with E-state index in [1.807, 2.05) is 6.92 Å². The standard InChI is InChI=1S/C13H22N2O4S/c1-3-14-10-12-4-5-13(19-12)20(16,17)15-8-6-11(18-2)7-9-15/h4-5,11,14H,3,6-10H2,1-2H3. The molecule has 2 rings (SSSR count). The van der Waals surface area contributed by atoms with Crippen LogP contribution >= 0.6 is 0 Å². The molecular weight excluding hydrogens is 280 g/mol. The van der Waals surface area contributed by atoms with E-state index in [0.29, 0.717) is 25.4 Å². The fourth-order valence-electron chi connectivity index (χ4n) is 2.28. The minimum atomic E-state index is -3.51. The molecule has 1 N–H and O–H groups in total. The molecule has 0 atom stereocenters. The average molecular weight is 302 g/mol. The molecule has 0 aliphatic carbocycles. The highest BCUT2D eigenvalue weighted by atomic mass is 32.2. The van der Waals surface area contributed by atoms with Crippen molar-refractivity contribution in [3.8, 4) is 0 Å². The van der Waals surface area contributed by atoms with E-state index in [2.05, 4.69) is 5.32 Å². The summed E-state index contributed by atoms with van der Waals surface area (Å²) in [5.41, 5.74) is 0. The van der Waals surface area contributed by atoms with Gasteiger partial charge in [-0.1, -0.05) is 6.92 Å². The van der Waals surface area contributed by atoms with Gasteiger partial charge in [0.2, 0.25) is 5.09 Å². The molecule has 0 amide bonds. The quantitative estimate of drug-likeness (QED) is 0.854. The van der Waals surface area contributed by atoms with Crippen LogP contribution < -0.4 is 5.32 Å². The summed E-state index contributed by atoms with van der Waals surface area (Å²) in [7, 11) is -1.85. The van der Waals surface area contributed by atoms with E-state index < -0.39 is 10.0 Å². The van der Waals surface area contributed by atoms with Gasteiger partial charge in [-0.3, -0.25) is 0 Å². The molecule has 1 aromatic heterocycles. The summed E-state index contributed by atoms with van der Waals surface area (Å²) in [6.45, 7) is 4.29. The Bertz CT molecular complexity index is 518. The number of piperidine rings is 1. The molecule has 1 aliphatic rings. The summed E-state index contributed by atoms with van der Waals surface area (Å²) in [6.07, 6.45) is 1.60. The average Bonchev–Trinajstić information content (AvgIpc) is 2.94. The number of hydrogen-bond acceptors (Lipinski definition) is 5. The van der Waals surface area contributed by atoms with Crippen LogP contribution in [-0.2, 0) is 21.3 Å². The third-order valence-corrected chi connectivity index (χ3v) is 5.29. The van der Waals surface area contributed by atoms with Crippen molar-refractivity contribution in [2.24, 2.45) is 0 Å². The topological polar surface area (TPSA) is 71.8 Å². The Hall–Kier alpha value is -0.890. The first-order valence-corrected chi connectivity index (χ1v) is 8.34. The molecule has 1 aromatic rings. The monoisotopic (exact) mass is 302 g/mol. The molecule has 0 radical (unpaired) electrons. The Labute approximate surface area is 120 Å². The van der Waals surface area contributed by atoms with Crippen molar-refractivity contribution in [3.05, 3.63) is 17.9 Å². The van der Waals surface area contributed by atoms with Crippen LogP contribution in [0.1, 0.15) is 25.5 Å². The predicted molar refractivity (Wildman–Crippen MR) is 74.9 cm³/mol. The molecule has 0 bridgehead atoms. The molecule has 6 nitrogen and oxygen atoms in total. The molecule has 0 unspecified atom stereocenters. The molecule has 7 heteroatoms. The third kappa shape index (κ3) is 3.41. The van der Waals surface area contributed by atoms with Crippen LogP contribution in [-0.4, -0.2) is 45.6 Å². The smallest absolute Gasteiger partial charge is 0.276 e. The first kappa shape index (κ1) is 15.5. The van der Waals surface area contributed by atoms with E-state index in [0.717, 1.165) is 19.4 Å². The van der Waals surface area contributed by atoms with Crippen LogP contribution in [0.4, 0.5) is 0 Å². The van der Waals surface area contributed by atoms with E-state index in [1.165, 1.54) is 10.4 Å². The molecule has 20 heavy (non-hydrogen) atoms. The molecule has 114 valence electrons. The molecule has 2 heterocycles. The summed E-state index contributed by atoms with van der Waals surface area (Å²) >= 11 is 0. The van der Waals surface area contributed by atoms with Gasteiger partial charge < -0.3 is 14.5 Å². The van der Waals surface area contributed by atoms with Crippen molar-refractivity contribution in [3.63, 3.8) is 0 Å². The number of sulfonamides is 1. The Morgan fingerprint density at radius 3 is 2.70 bits per heavy atom. The molecular formula is C13H22N2O4S. The number of methoxy groups -OCH3 is 1. The van der Waals surface area contributed by atoms with Gasteiger partial charge in [-0.2, -0.15) is 4.31 Å². The second-order valence-corrected chi connectivity index (χ2v) is 6.71. The van der Waals surface area contributed by atoms with Crippen molar-refractivity contribution in [2.75, 3.05) is 26.7 Å². The number of hydrogen-bond donors (Lipinski definition) is 1. The van der Waals surface area contributed by atoms with E-state index in [1.54, 1.807) is 13.2 Å². The van der Waals surface area contributed by atoms with Gasteiger partial charge in [0.15, 0.2) is 0 Å². The summed E-state index contributed by atoms with van der Waals surface area (Å²) in [6, 6.07) is 3.24. The first-order chi connectivity index (χ1) is 9.57. The molecule has 1 saturated heterocycles.